The van der Waals surface area contributed by atoms with E-state index in [-0.39, 0.29) is 11.8 Å². The Morgan fingerprint density at radius 2 is 2.19 bits per heavy atom. The van der Waals surface area contributed by atoms with Gasteiger partial charge in [0.2, 0.25) is 5.91 Å². The van der Waals surface area contributed by atoms with Crippen molar-refractivity contribution in [1.82, 2.24) is 0 Å². The summed E-state index contributed by atoms with van der Waals surface area (Å²) in [5.74, 6) is 0.466. The summed E-state index contributed by atoms with van der Waals surface area (Å²) in [5.41, 5.74) is 8.55. The van der Waals surface area contributed by atoms with Crippen LogP contribution in [0.3, 0.4) is 0 Å². The van der Waals surface area contributed by atoms with Gasteiger partial charge in [-0.25, -0.2) is 0 Å². The molecule has 0 spiro atoms. The van der Waals surface area contributed by atoms with Crippen molar-refractivity contribution in [3.8, 4) is 0 Å². The Bertz CT molecular complexity index is 468. The highest BCUT2D eigenvalue weighted by Crippen LogP contribution is 2.40. The lowest BCUT2D eigenvalue weighted by Gasteiger charge is -2.18. The predicted octanol–water partition coefficient (Wildman–Crippen LogP) is 2.22. The van der Waals surface area contributed by atoms with Gasteiger partial charge in [-0.05, 0) is 37.0 Å². The molecule has 1 aromatic rings. The Labute approximate surface area is 99.2 Å². The first-order valence-electron chi connectivity index (χ1n) is 5.56. The fourth-order valence-electron chi connectivity index (χ4n) is 2.31. The van der Waals surface area contributed by atoms with Gasteiger partial charge in [-0.1, -0.05) is 11.6 Å². The van der Waals surface area contributed by atoms with Crippen LogP contribution in [-0.2, 0) is 11.2 Å². The molecule has 1 amide bonds. The number of benzene rings is 1. The molecule has 0 radical (unpaired) electrons. The number of nitrogens with zero attached hydrogens (tertiary/aromatic N) is 1. The monoisotopic (exact) mass is 236 g/mol. The number of fused-ring (bicyclic) bond motifs is 1. The molecule has 4 heteroatoms. The summed E-state index contributed by atoms with van der Waals surface area (Å²) in [4.78, 5) is 13.9. The third kappa shape index (κ3) is 1.47. The molecule has 1 aromatic carbocycles. The summed E-state index contributed by atoms with van der Waals surface area (Å²) >= 11 is 5.95. The van der Waals surface area contributed by atoms with Gasteiger partial charge in [-0.3, -0.25) is 4.79 Å². The van der Waals surface area contributed by atoms with Crippen LogP contribution in [0.2, 0.25) is 5.02 Å². The topological polar surface area (TPSA) is 46.3 Å². The van der Waals surface area contributed by atoms with Crippen molar-refractivity contribution in [2.45, 2.75) is 19.3 Å². The van der Waals surface area contributed by atoms with E-state index in [0.29, 0.717) is 10.7 Å². The van der Waals surface area contributed by atoms with Gasteiger partial charge in [-0.15, -0.1) is 0 Å². The number of carbonyl (C=O) groups excluding carboxylic acids is 1. The Kier molecular flexibility index (Phi) is 2.11. The quantitative estimate of drug-likeness (QED) is 0.760. The number of halogens is 1. The molecule has 2 N–H and O–H groups in total. The molecule has 2 aliphatic rings. The summed E-state index contributed by atoms with van der Waals surface area (Å²) in [6.07, 6.45) is 2.91. The van der Waals surface area contributed by atoms with Crippen LogP contribution in [0.25, 0.3) is 0 Å². The highest BCUT2D eigenvalue weighted by molar-refractivity contribution is 6.31. The minimum atomic E-state index is 0.229. The van der Waals surface area contributed by atoms with Crippen LogP contribution in [0.1, 0.15) is 18.4 Å². The molecule has 1 heterocycles. The molecule has 84 valence electrons. The number of nitrogen functional groups attached to an aromatic ring is 1. The van der Waals surface area contributed by atoms with E-state index in [1.807, 2.05) is 11.0 Å². The molecule has 1 fully saturated rings. The van der Waals surface area contributed by atoms with Gasteiger partial charge in [0, 0.05) is 17.5 Å². The van der Waals surface area contributed by atoms with Gasteiger partial charge < -0.3 is 10.6 Å². The normalized spacial score (nSPS) is 18.7. The van der Waals surface area contributed by atoms with Gasteiger partial charge in [0.15, 0.2) is 0 Å². The first kappa shape index (κ1) is 9.97. The molecule has 16 heavy (non-hydrogen) atoms. The molecule has 3 rings (SSSR count). The van der Waals surface area contributed by atoms with Crippen molar-refractivity contribution in [2.24, 2.45) is 5.92 Å². The Morgan fingerprint density at radius 3 is 2.88 bits per heavy atom. The first-order chi connectivity index (χ1) is 7.66. The maximum Gasteiger partial charge on any atom is 0.230 e. The van der Waals surface area contributed by atoms with Crippen molar-refractivity contribution in [3.63, 3.8) is 0 Å². The van der Waals surface area contributed by atoms with E-state index in [1.54, 1.807) is 6.07 Å². The van der Waals surface area contributed by atoms with Crippen molar-refractivity contribution >= 4 is 28.9 Å². The molecular formula is C12H13ClN2O. The number of hydrogen-bond donors (Lipinski definition) is 1. The molecule has 0 bridgehead atoms. The molecule has 1 aliphatic heterocycles. The lowest BCUT2D eigenvalue weighted by Crippen LogP contribution is -2.30. The van der Waals surface area contributed by atoms with Crippen LogP contribution >= 0.6 is 11.6 Å². The van der Waals surface area contributed by atoms with Crippen molar-refractivity contribution in [3.05, 3.63) is 22.7 Å². The van der Waals surface area contributed by atoms with Crippen LogP contribution in [0.15, 0.2) is 12.1 Å². The second kappa shape index (κ2) is 3.39. The van der Waals surface area contributed by atoms with Crippen LogP contribution in [-0.4, -0.2) is 12.5 Å². The van der Waals surface area contributed by atoms with Gasteiger partial charge in [0.1, 0.15) is 0 Å². The largest absolute Gasteiger partial charge is 0.397 e. The van der Waals surface area contributed by atoms with Crippen LogP contribution < -0.4 is 10.6 Å². The highest BCUT2D eigenvalue weighted by Gasteiger charge is 2.37. The molecule has 0 unspecified atom stereocenters. The SMILES string of the molecule is Nc1cc(Cl)cc2c1N(C(=O)C1CC1)CC2. The maximum absolute atomic E-state index is 12.0. The highest BCUT2D eigenvalue weighted by atomic mass is 35.5. The summed E-state index contributed by atoms with van der Waals surface area (Å²) in [5, 5.41) is 0.650. The lowest BCUT2D eigenvalue weighted by molar-refractivity contribution is -0.119. The number of amides is 1. The van der Waals surface area contributed by atoms with Gasteiger partial charge in [-0.2, -0.15) is 0 Å². The minimum absolute atomic E-state index is 0.229. The third-order valence-electron chi connectivity index (χ3n) is 3.25. The number of nitrogens with two attached hydrogens (primary N) is 1. The Hall–Kier alpha value is -1.22. The molecule has 1 saturated carbocycles. The molecule has 3 nitrogen and oxygen atoms in total. The van der Waals surface area contributed by atoms with E-state index >= 15 is 0 Å². The van der Waals surface area contributed by atoms with Crippen LogP contribution in [0.5, 0.6) is 0 Å². The van der Waals surface area contributed by atoms with Gasteiger partial charge in [0.25, 0.3) is 0 Å². The predicted molar refractivity (Wildman–Crippen MR) is 64.6 cm³/mol. The van der Waals surface area contributed by atoms with E-state index < -0.39 is 0 Å². The van der Waals surface area contributed by atoms with Crippen LogP contribution in [0.4, 0.5) is 11.4 Å². The number of anilines is 2. The molecule has 0 atom stereocenters. The lowest BCUT2D eigenvalue weighted by atomic mass is 10.1. The van der Waals surface area contributed by atoms with E-state index in [4.69, 9.17) is 17.3 Å². The van der Waals surface area contributed by atoms with Crippen molar-refractivity contribution < 1.29 is 4.79 Å². The van der Waals surface area contributed by atoms with Gasteiger partial charge in [0.05, 0.1) is 11.4 Å². The fraction of sp³-hybridized carbons (Fsp3) is 0.417. The van der Waals surface area contributed by atoms with E-state index in [9.17, 15) is 4.79 Å². The third-order valence-corrected chi connectivity index (χ3v) is 3.47. The van der Waals surface area contributed by atoms with Gasteiger partial charge >= 0.3 is 0 Å². The minimum Gasteiger partial charge on any atom is -0.397 e. The van der Waals surface area contributed by atoms with Crippen molar-refractivity contribution in [2.75, 3.05) is 17.2 Å². The molecule has 0 aromatic heterocycles. The second-order valence-electron chi connectivity index (χ2n) is 4.52. The zero-order chi connectivity index (χ0) is 11.3. The fourth-order valence-corrected chi connectivity index (χ4v) is 2.56. The van der Waals surface area contributed by atoms with E-state index in [2.05, 4.69) is 0 Å². The second-order valence-corrected chi connectivity index (χ2v) is 4.95. The van der Waals surface area contributed by atoms with Crippen LogP contribution in [0, 0.1) is 5.92 Å². The smallest absolute Gasteiger partial charge is 0.230 e. The zero-order valence-electron chi connectivity index (χ0n) is 8.87. The Morgan fingerprint density at radius 1 is 1.44 bits per heavy atom. The number of hydrogen-bond acceptors (Lipinski definition) is 2. The summed E-state index contributed by atoms with van der Waals surface area (Å²) in [6.45, 7) is 0.745. The molecule has 1 aliphatic carbocycles. The molecular weight excluding hydrogens is 224 g/mol. The van der Waals surface area contributed by atoms with E-state index in [0.717, 1.165) is 37.1 Å². The van der Waals surface area contributed by atoms with E-state index in [1.165, 1.54) is 0 Å². The Balaban J connectivity index is 2.01. The first-order valence-corrected chi connectivity index (χ1v) is 5.94. The molecule has 0 saturated heterocycles. The van der Waals surface area contributed by atoms with Crippen molar-refractivity contribution in [1.29, 1.82) is 0 Å². The summed E-state index contributed by atoms with van der Waals surface area (Å²) in [7, 11) is 0. The summed E-state index contributed by atoms with van der Waals surface area (Å²) < 4.78 is 0. The standard InChI is InChI=1S/C12H13ClN2O/c13-9-5-8-3-4-15(11(8)10(14)6-9)12(16)7-1-2-7/h5-7H,1-4,14H2. The summed E-state index contributed by atoms with van der Waals surface area (Å²) in [6, 6.07) is 3.63. The average molecular weight is 237 g/mol. The zero-order valence-corrected chi connectivity index (χ0v) is 9.63. The number of carbonyl (C=O) groups is 1. The number of rotatable bonds is 1. The maximum atomic E-state index is 12.0. The average Bonchev–Trinajstić information content (AvgIpc) is 2.98.